The van der Waals surface area contributed by atoms with Gasteiger partial charge in [0, 0.05) is 12.8 Å². The molecule has 0 aliphatic rings. The predicted octanol–water partition coefficient (Wildman–Crippen LogP) is 3.34. The van der Waals surface area contributed by atoms with E-state index in [4.69, 9.17) is 21.1 Å². The third-order valence-electron chi connectivity index (χ3n) is 2.82. The van der Waals surface area contributed by atoms with Gasteiger partial charge < -0.3 is 14.0 Å². The first-order valence-electron chi connectivity index (χ1n) is 6.21. The average molecular weight is 313 g/mol. The standard InChI is InChI=1S/C14H17ClN2O2S/c1-17-11(9-15)10-16-14(17)20-8-7-19-13-6-4-3-5-12(13)18-2/h3-6,10H,7-9H2,1-2H3. The Labute approximate surface area is 128 Å². The molecule has 0 saturated heterocycles. The topological polar surface area (TPSA) is 36.3 Å². The molecular formula is C14H17ClN2O2S. The summed E-state index contributed by atoms with van der Waals surface area (Å²) in [6.45, 7) is 0.591. The van der Waals surface area contributed by atoms with Crippen molar-refractivity contribution in [3.63, 3.8) is 0 Å². The van der Waals surface area contributed by atoms with Crippen molar-refractivity contribution in [2.24, 2.45) is 7.05 Å². The molecule has 20 heavy (non-hydrogen) atoms. The van der Waals surface area contributed by atoms with E-state index in [0.717, 1.165) is 28.1 Å². The average Bonchev–Trinajstić information content (AvgIpc) is 2.84. The van der Waals surface area contributed by atoms with Gasteiger partial charge in [0.2, 0.25) is 0 Å². The van der Waals surface area contributed by atoms with Crippen molar-refractivity contribution in [1.29, 1.82) is 0 Å². The molecule has 0 amide bonds. The SMILES string of the molecule is COc1ccccc1OCCSc1ncc(CCl)n1C. The maximum atomic E-state index is 5.81. The van der Waals surface area contributed by atoms with Gasteiger partial charge in [-0.1, -0.05) is 23.9 Å². The Morgan fingerprint density at radius 2 is 2.05 bits per heavy atom. The van der Waals surface area contributed by atoms with Crippen molar-refractivity contribution in [3.8, 4) is 11.5 Å². The fourth-order valence-corrected chi connectivity index (χ4v) is 2.74. The van der Waals surface area contributed by atoms with E-state index in [9.17, 15) is 0 Å². The Hall–Kier alpha value is -1.33. The summed E-state index contributed by atoms with van der Waals surface area (Å²) in [5.41, 5.74) is 1.01. The smallest absolute Gasteiger partial charge is 0.168 e. The van der Waals surface area contributed by atoms with Crippen molar-refractivity contribution in [2.45, 2.75) is 11.0 Å². The lowest BCUT2D eigenvalue weighted by atomic mass is 10.3. The molecule has 2 rings (SSSR count). The highest BCUT2D eigenvalue weighted by molar-refractivity contribution is 7.99. The van der Waals surface area contributed by atoms with E-state index >= 15 is 0 Å². The van der Waals surface area contributed by atoms with E-state index in [1.54, 1.807) is 25.1 Å². The maximum Gasteiger partial charge on any atom is 0.168 e. The van der Waals surface area contributed by atoms with Crippen LogP contribution in [0.3, 0.4) is 0 Å². The maximum absolute atomic E-state index is 5.81. The number of benzene rings is 1. The Balaban J connectivity index is 1.83. The number of imidazole rings is 1. The van der Waals surface area contributed by atoms with Gasteiger partial charge in [-0.25, -0.2) is 4.98 Å². The highest BCUT2D eigenvalue weighted by Crippen LogP contribution is 2.26. The quantitative estimate of drug-likeness (QED) is 0.446. The predicted molar refractivity (Wildman–Crippen MR) is 82.0 cm³/mol. The first-order valence-corrected chi connectivity index (χ1v) is 7.73. The van der Waals surface area contributed by atoms with Crippen molar-refractivity contribution < 1.29 is 9.47 Å². The highest BCUT2D eigenvalue weighted by Gasteiger charge is 2.07. The molecule has 0 unspecified atom stereocenters. The number of thioether (sulfide) groups is 1. The van der Waals surface area contributed by atoms with Crippen LogP contribution >= 0.6 is 23.4 Å². The lowest BCUT2D eigenvalue weighted by Crippen LogP contribution is -2.03. The van der Waals surface area contributed by atoms with Crippen LogP contribution in [-0.4, -0.2) is 29.0 Å². The monoisotopic (exact) mass is 312 g/mol. The van der Waals surface area contributed by atoms with Crippen LogP contribution in [0.2, 0.25) is 0 Å². The van der Waals surface area contributed by atoms with Gasteiger partial charge in [0.1, 0.15) is 0 Å². The normalized spacial score (nSPS) is 10.6. The minimum absolute atomic E-state index is 0.474. The first kappa shape index (κ1) is 15.1. The van der Waals surface area contributed by atoms with Gasteiger partial charge in [0.05, 0.1) is 31.5 Å². The Kier molecular flexibility index (Phi) is 5.61. The van der Waals surface area contributed by atoms with E-state index in [1.165, 1.54) is 0 Å². The number of alkyl halides is 1. The van der Waals surface area contributed by atoms with Gasteiger partial charge in [-0.15, -0.1) is 11.6 Å². The number of hydrogen-bond acceptors (Lipinski definition) is 4. The summed E-state index contributed by atoms with van der Waals surface area (Å²) in [5, 5.41) is 0.948. The van der Waals surface area contributed by atoms with E-state index in [-0.39, 0.29) is 0 Å². The molecule has 1 heterocycles. The third-order valence-corrected chi connectivity index (χ3v) is 4.10. The molecule has 0 aliphatic carbocycles. The van der Waals surface area contributed by atoms with Gasteiger partial charge in [0.25, 0.3) is 0 Å². The summed E-state index contributed by atoms with van der Waals surface area (Å²) < 4.78 is 12.9. The third kappa shape index (κ3) is 3.61. The van der Waals surface area contributed by atoms with E-state index in [0.29, 0.717) is 12.5 Å². The van der Waals surface area contributed by atoms with Crippen LogP contribution < -0.4 is 9.47 Å². The van der Waals surface area contributed by atoms with Crippen LogP contribution in [0.25, 0.3) is 0 Å². The van der Waals surface area contributed by atoms with Crippen LogP contribution in [0.1, 0.15) is 5.69 Å². The molecule has 0 fully saturated rings. The number of halogens is 1. The zero-order chi connectivity index (χ0) is 14.4. The molecule has 1 aromatic heterocycles. The summed E-state index contributed by atoms with van der Waals surface area (Å²) in [7, 11) is 3.60. The second kappa shape index (κ2) is 7.45. The Morgan fingerprint density at radius 1 is 1.30 bits per heavy atom. The molecule has 0 spiro atoms. The molecule has 0 N–H and O–H groups in total. The number of ether oxygens (including phenoxy) is 2. The molecule has 108 valence electrons. The molecule has 0 aliphatic heterocycles. The Bertz CT molecular complexity index is 560. The summed E-state index contributed by atoms with van der Waals surface area (Å²) in [6, 6.07) is 7.63. The van der Waals surface area contributed by atoms with Crippen LogP contribution in [0.4, 0.5) is 0 Å². The minimum atomic E-state index is 0.474. The number of methoxy groups -OCH3 is 1. The Morgan fingerprint density at radius 3 is 2.70 bits per heavy atom. The molecule has 2 aromatic rings. The van der Waals surface area contributed by atoms with E-state index in [1.807, 2.05) is 35.9 Å². The molecular weight excluding hydrogens is 296 g/mol. The summed E-state index contributed by atoms with van der Waals surface area (Å²) in [5.74, 6) is 2.79. The van der Waals surface area contributed by atoms with Crippen LogP contribution in [-0.2, 0) is 12.9 Å². The summed E-state index contributed by atoms with van der Waals surface area (Å²) in [4.78, 5) is 4.33. The van der Waals surface area contributed by atoms with Crippen molar-refractivity contribution in [3.05, 3.63) is 36.2 Å². The lowest BCUT2D eigenvalue weighted by molar-refractivity contribution is 0.313. The fourth-order valence-electron chi connectivity index (χ4n) is 1.71. The molecule has 0 saturated carbocycles. The summed E-state index contributed by atoms with van der Waals surface area (Å²) >= 11 is 7.45. The van der Waals surface area contributed by atoms with Crippen LogP contribution in [0.5, 0.6) is 11.5 Å². The molecule has 0 bridgehead atoms. The largest absolute Gasteiger partial charge is 0.493 e. The number of hydrogen-bond donors (Lipinski definition) is 0. The molecule has 0 atom stereocenters. The van der Waals surface area contributed by atoms with Gasteiger partial charge in [-0.05, 0) is 12.1 Å². The zero-order valence-electron chi connectivity index (χ0n) is 11.5. The van der Waals surface area contributed by atoms with Gasteiger partial charge in [-0.3, -0.25) is 0 Å². The second-order valence-electron chi connectivity index (χ2n) is 4.07. The molecule has 0 radical (unpaired) electrons. The zero-order valence-corrected chi connectivity index (χ0v) is 13.1. The van der Waals surface area contributed by atoms with Gasteiger partial charge in [-0.2, -0.15) is 0 Å². The van der Waals surface area contributed by atoms with Gasteiger partial charge in [0.15, 0.2) is 16.7 Å². The highest BCUT2D eigenvalue weighted by atomic mass is 35.5. The number of nitrogens with zero attached hydrogens (tertiary/aromatic N) is 2. The lowest BCUT2D eigenvalue weighted by Gasteiger charge is -2.10. The number of aromatic nitrogens is 2. The summed E-state index contributed by atoms with van der Waals surface area (Å²) in [6.07, 6.45) is 1.80. The molecule has 1 aromatic carbocycles. The number of para-hydroxylation sites is 2. The van der Waals surface area contributed by atoms with Crippen LogP contribution in [0.15, 0.2) is 35.6 Å². The van der Waals surface area contributed by atoms with Crippen molar-refractivity contribution in [1.82, 2.24) is 9.55 Å². The van der Waals surface area contributed by atoms with E-state index in [2.05, 4.69) is 4.98 Å². The number of rotatable bonds is 7. The molecule has 4 nitrogen and oxygen atoms in total. The second-order valence-corrected chi connectivity index (χ2v) is 5.40. The fraction of sp³-hybridized carbons (Fsp3) is 0.357. The minimum Gasteiger partial charge on any atom is -0.493 e. The first-order chi connectivity index (χ1) is 9.76. The van der Waals surface area contributed by atoms with Crippen molar-refractivity contribution >= 4 is 23.4 Å². The van der Waals surface area contributed by atoms with Crippen LogP contribution in [0, 0.1) is 0 Å². The van der Waals surface area contributed by atoms with Gasteiger partial charge >= 0.3 is 0 Å². The molecule has 6 heteroatoms. The van der Waals surface area contributed by atoms with E-state index < -0.39 is 0 Å². The van der Waals surface area contributed by atoms with Crippen molar-refractivity contribution in [2.75, 3.05) is 19.5 Å².